The van der Waals surface area contributed by atoms with E-state index in [0.717, 1.165) is 24.9 Å². The molecule has 3 aromatic carbocycles. The summed E-state index contributed by atoms with van der Waals surface area (Å²) in [6, 6.07) is 29.9. The van der Waals surface area contributed by atoms with Crippen molar-refractivity contribution in [2.75, 3.05) is 13.1 Å². The molecule has 1 saturated heterocycles. The van der Waals surface area contributed by atoms with Gasteiger partial charge in [0.05, 0.1) is 10.9 Å². The Morgan fingerprint density at radius 1 is 0.882 bits per heavy atom. The molecule has 0 unspecified atom stereocenters. The summed E-state index contributed by atoms with van der Waals surface area (Å²) in [5.74, 6) is -0.163. The average Bonchev–Trinajstić information content (AvgIpc) is 2.87. The van der Waals surface area contributed by atoms with Gasteiger partial charge in [0.2, 0.25) is 11.8 Å². The fourth-order valence-corrected chi connectivity index (χ4v) is 5.00. The molecule has 0 aromatic heterocycles. The predicted molar refractivity (Wildman–Crippen MR) is 139 cm³/mol. The Hall–Kier alpha value is -3.38. The third kappa shape index (κ3) is 6.81. The minimum absolute atomic E-state index is 0.0512. The molecule has 0 saturated carbocycles. The summed E-state index contributed by atoms with van der Waals surface area (Å²) in [4.78, 5) is 32.5. The van der Waals surface area contributed by atoms with Crippen LogP contribution in [0.5, 0.6) is 0 Å². The van der Waals surface area contributed by atoms with Crippen LogP contribution in [0.2, 0.25) is 0 Å². The molecule has 34 heavy (non-hydrogen) atoms. The summed E-state index contributed by atoms with van der Waals surface area (Å²) in [6.45, 7) is 1.12. The van der Waals surface area contributed by atoms with Crippen molar-refractivity contribution < 1.29 is 9.59 Å². The number of carbonyl (C=O) groups is 2. The summed E-state index contributed by atoms with van der Waals surface area (Å²) in [5, 5.41) is 3.12. The van der Waals surface area contributed by atoms with Crippen LogP contribution < -0.4 is 5.32 Å². The van der Waals surface area contributed by atoms with E-state index in [-0.39, 0.29) is 18.2 Å². The maximum absolute atomic E-state index is 13.1. The standard InChI is InChI=1S/C28H29N3O2S/c32-26-21-25(27(33)29-19-18-23-13-6-2-7-14-23)34-28(30-24-16-8-3-9-17-24)31(26)20-10-15-22-11-4-1-5-12-22/h1-9,11-14,16-17,25H,10,15,18-21H2,(H,29,33)/t25-/m0/s1. The molecule has 0 spiro atoms. The van der Waals surface area contributed by atoms with Gasteiger partial charge < -0.3 is 5.32 Å². The number of amidine groups is 1. The maximum atomic E-state index is 13.1. The minimum Gasteiger partial charge on any atom is -0.355 e. The largest absolute Gasteiger partial charge is 0.355 e. The fourth-order valence-electron chi connectivity index (χ4n) is 3.85. The van der Waals surface area contributed by atoms with E-state index in [1.165, 1.54) is 22.9 Å². The van der Waals surface area contributed by atoms with Crippen molar-refractivity contribution in [1.82, 2.24) is 10.2 Å². The zero-order valence-corrected chi connectivity index (χ0v) is 19.9. The summed E-state index contributed by atoms with van der Waals surface area (Å²) in [6.07, 6.45) is 2.66. The number of hydrogen-bond donors (Lipinski definition) is 1. The van der Waals surface area contributed by atoms with Crippen LogP contribution in [0.25, 0.3) is 0 Å². The normalized spacial score (nSPS) is 17.1. The lowest BCUT2D eigenvalue weighted by molar-refractivity contribution is -0.130. The van der Waals surface area contributed by atoms with Crippen LogP contribution in [0.4, 0.5) is 5.69 Å². The Labute approximate surface area is 205 Å². The molecule has 0 radical (unpaired) electrons. The van der Waals surface area contributed by atoms with Crippen LogP contribution in [0.3, 0.4) is 0 Å². The van der Waals surface area contributed by atoms with E-state index in [4.69, 9.17) is 4.99 Å². The van der Waals surface area contributed by atoms with Crippen LogP contribution in [-0.2, 0) is 22.4 Å². The van der Waals surface area contributed by atoms with Crippen molar-refractivity contribution in [2.24, 2.45) is 4.99 Å². The van der Waals surface area contributed by atoms with E-state index < -0.39 is 5.25 Å². The number of carbonyl (C=O) groups excluding carboxylic acids is 2. The number of thioether (sulfide) groups is 1. The van der Waals surface area contributed by atoms with Gasteiger partial charge in [-0.3, -0.25) is 14.5 Å². The molecular weight excluding hydrogens is 442 g/mol. The Bertz CT molecular complexity index is 1100. The molecule has 0 aliphatic carbocycles. The maximum Gasteiger partial charge on any atom is 0.234 e. The lowest BCUT2D eigenvalue weighted by Crippen LogP contribution is -2.47. The highest BCUT2D eigenvalue weighted by Gasteiger charge is 2.35. The lowest BCUT2D eigenvalue weighted by atomic mass is 10.1. The smallest absolute Gasteiger partial charge is 0.234 e. The van der Waals surface area contributed by atoms with E-state index in [1.807, 2.05) is 78.9 Å². The van der Waals surface area contributed by atoms with Crippen molar-refractivity contribution in [1.29, 1.82) is 0 Å². The summed E-state index contributed by atoms with van der Waals surface area (Å²) in [5.41, 5.74) is 3.19. The van der Waals surface area contributed by atoms with Crippen molar-refractivity contribution in [3.63, 3.8) is 0 Å². The highest BCUT2D eigenvalue weighted by atomic mass is 32.2. The van der Waals surface area contributed by atoms with E-state index >= 15 is 0 Å². The Balaban J connectivity index is 1.40. The first-order valence-electron chi connectivity index (χ1n) is 11.7. The molecule has 1 heterocycles. The van der Waals surface area contributed by atoms with Gasteiger partial charge in [0.1, 0.15) is 0 Å². The van der Waals surface area contributed by atoms with Crippen LogP contribution >= 0.6 is 11.8 Å². The van der Waals surface area contributed by atoms with E-state index in [2.05, 4.69) is 17.4 Å². The van der Waals surface area contributed by atoms with Gasteiger partial charge in [-0.05, 0) is 42.5 Å². The number of aryl methyl sites for hydroxylation is 1. The fraction of sp³-hybridized carbons (Fsp3) is 0.250. The van der Waals surface area contributed by atoms with Gasteiger partial charge in [-0.2, -0.15) is 0 Å². The van der Waals surface area contributed by atoms with Crippen LogP contribution in [0.1, 0.15) is 24.0 Å². The van der Waals surface area contributed by atoms with E-state index in [9.17, 15) is 9.59 Å². The highest BCUT2D eigenvalue weighted by molar-refractivity contribution is 8.15. The van der Waals surface area contributed by atoms with Crippen molar-refractivity contribution in [3.8, 4) is 0 Å². The van der Waals surface area contributed by atoms with E-state index in [1.54, 1.807) is 4.90 Å². The molecule has 1 atom stereocenters. The topological polar surface area (TPSA) is 61.8 Å². The van der Waals surface area contributed by atoms with Gasteiger partial charge in [0.15, 0.2) is 5.17 Å². The second-order valence-corrected chi connectivity index (χ2v) is 9.37. The third-order valence-electron chi connectivity index (χ3n) is 5.66. The number of benzene rings is 3. The van der Waals surface area contributed by atoms with Crippen molar-refractivity contribution in [2.45, 2.75) is 30.9 Å². The quantitative estimate of drug-likeness (QED) is 0.478. The third-order valence-corrected chi connectivity index (χ3v) is 6.85. The second kappa shape index (κ2) is 12.2. The number of hydrogen-bond acceptors (Lipinski definition) is 4. The number of nitrogens with one attached hydrogen (secondary N) is 1. The Morgan fingerprint density at radius 3 is 2.12 bits per heavy atom. The highest BCUT2D eigenvalue weighted by Crippen LogP contribution is 2.29. The average molecular weight is 472 g/mol. The van der Waals surface area contributed by atoms with E-state index in [0.29, 0.717) is 18.3 Å². The monoisotopic (exact) mass is 471 g/mol. The van der Waals surface area contributed by atoms with Crippen LogP contribution in [-0.4, -0.2) is 40.2 Å². The lowest BCUT2D eigenvalue weighted by Gasteiger charge is -2.32. The number of nitrogens with zero attached hydrogens (tertiary/aromatic N) is 2. The van der Waals surface area contributed by atoms with Crippen molar-refractivity contribution >= 4 is 34.4 Å². The summed E-state index contributed by atoms with van der Waals surface area (Å²) >= 11 is 1.38. The molecule has 2 amide bonds. The SMILES string of the molecule is O=C(NCCc1ccccc1)[C@@H]1CC(=O)N(CCCc2ccccc2)C(=Nc2ccccc2)S1. The molecule has 174 valence electrons. The summed E-state index contributed by atoms with van der Waals surface area (Å²) in [7, 11) is 0. The van der Waals surface area contributed by atoms with Gasteiger partial charge in [-0.25, -0.2) is 4.99 Å². The molecule has 3 aromatic rings. The predicted octanol–water partition coefficient (Wildman–Crippen LogP) is 5.00. The van der Waals surface area contributed by atoms with Crippen LogP contribution in [0, 0.1) is 0 Å². The minimum atomic E-state index is -0.476. The first-order chi connectivity index (χ1) is 16.7. The van der Waals surface area contributed by atoms with Gasteiger partial charge in [-0.1, -0.05) is 90.6 Å². The molecule has 1 aliphatic heterocycles. The van der Waals surface area contributed by atoms with Gasteiger partial charge in [0, 0.05) is 19.5 Å². The number of para-hydroxylation sites is 1. The molecular formula is C28H29N3O2S. The molecule has 0 bridgehead atoms. The molecule has 6 heteroatoms. The number of rotatable bonds is 9. The number of amides is 2. The molecule has 1 N–H and O–H groups in total. The van der Waals surface area contributed by atoms with Crippen molar-refractivity contribution in [3.05, 3.63) is 102 Å². The first-order valence-corrected chi connectivity index (χ1v) is 12.5. The Morgan fingerprint density at radius 2 is 1.47 bits per heavy atom. The van der Waals surface area contributed by atoms with Crippen LogP contribution in [0.15, 0.2) is 96.0 Å². The van der Waals surface area contributed by atoms with Gasteiger partial charge in [0.25, 0.3) is 0 Å². The zero-order chi connectivity index (χ0) is 23.6. The molecule has 1 fully saturated rings. The first kappa shape index (κ1) is 23.8. The van der Waals surface area contributed by atoms with Gasteiger partial charge >= 0.3 is 0 Å². The second-order valence-electron chi connectivity index (χ2n) is 8.20. The Kier molecular flexibility index (Phi) is 8.52. The van der Waals surface area contributed by atoms with Gasteiger partial charge in [-0.15, -0.1) is 0 Å². The molecule has 1 aliphatic rings. The molecule has 4 rings (SSSR count). The zero-order valence-electron chi connectivity index (χ0n) is 19.1. The summed E-state index contributed by atoms with van der Waals surface area (Å²) < 4.78 is 0. The number of aliphatic imine (C=N–C) groups is 1. The molecule has 5 nitrogen and oxygen atoms in total.